The van der Waals surface area contributed by atoms with Gasteiger partial charge in [0, 0.05) is 37.9 Å². The molecule has 1 aromatic carbocycles. The number of rotatable bonds is 5. The lowest BCUT2D eigenvalue weighted by atomic mass is 10.1. The van der Waals surface area contributed by atoms with Crippen LogP contribution in [0.15, 0.2) is 36.5 Å². The van der Waals surface area contributed by atoms with Crippen LogP contribution in [0.5, 0.6) is 0 Å². The third-order valence-electron chi connectivity index (χ3n) is 5.51. The first-order valence-corrected chi connectivity index (χ1v) is 10.1. The molecule has 0 radical (unpaired) electrons. The molecule has 2 aromatic rings. The number of benzene rings is 1. The second-order valence-electron chi connectivity index (χ2n) is 7.53. The number of nitrogens with zero attached hydrogens (tertiary/aromatic N) is 3. The quantitative estimate of drug-likeness (QED) is 0.833. The molecule has 0 spiro atoms. The highest BCUT2D eigenvalue weighted by Gasteiger charge is 2.20. The van der Waals surface area contributed by atoms with Crippen molar-refractivity contribution in [1.29, 1.82) is 0 Å². The number of anilines is 1. The summed E-state index contributed by atoms with van der Waals surface area (Å²) in [4.78, 5) is 26.3. The Labute approximate surface area is 165 Å². The van der Waals surface area contributed by atoms with Crippen molar-refractivity contribution in [2.24, 2.45) is 0 Å². The summed E-state index contributed by atoms with van der Waals surface area (Å²) in [5, 5.41) is 10.7. The van der Waals surface area contributed by atoms with Gasteiger partial charge in [0.15, 0.2) is 0 Å². The maximum atomic E-state index is 12.4. The van der Waals surface area contributed by atoms with Gasteiger partial charge in [-0.25, -0.2) is 0 Å². The minimum Gasteiger partial charge on any atom is -0.347 e. The van der Waals surface area contributed by atoms with Crippen molar-refractivity contribution in [3.63, 3.8) is 0 Å². The van der Waals surface area contributed by atoms with Crippen molar-refractivity contribution in [3.05, 3.63) is 47.8 Å². The fourth-order valence-electron chi connectivity index (χ4n) is 3.87. The van der Waals surface area contributed by atoms with Crippen molar-refractivity contribution in [2.75, 3.05) is 24.5 Å². The van der Waals surface area contributed by atoms with Gasteiger partial charge >= 0.3 is 0 Å². The van der Waals surface area contributed by atoms with E-state index in [1.54, 1.807) is 6.07 Å². The SMILES string of the molecule is O=C(NCc1ccc(N2CCCCC2=O)cc1)c1ccn(C2CCCNC2)n1. The summed E-state index contributed by atoms with van der Waals surface area (Å²) in [6, 6.07) is 9.92. The zero-order chi connectivity index (χ0) is 19.3. The Bertz CT molecular complexity index is 824. The molecular formula is C21H27N5O2. The Morgan fingerprint density at radius 3 is 2.79 bits per heavy atom. The monoisotopic (exact) mass is 381 g/mol. The molecule has 1 atom stereocenters. The van der Waals surface area contributed by atoms with E-state index in [1.807, 2.05) is 40.0 Å². The minimum atomic E-state index is -0.169. The van der Waals surface area contributed by atoms with Gasteiger partial charge in [0.2, 0.25) is 5.91 Å². The minimum absolute atomic E-state index is 0.169. The Morgan fingerprint density at radius 2 is 2.04 bits per heavy atom. The molecule has 0 saturated carbocycles. The first-order valence-electron chi connectivity index (χ1n) is 10.1. The zero-order valence-corrected chi connectivity index (χ0v) is 16.1. The molecule has 2 amide bonds. The smallest absolute Gasteiger partial charge is 0.272 e. The van der Waals surface area contributed by atoms with Crippen molar-refractivity contribution in [2.45, 2.75) is 44.7 Å². The second-order valence-corrected chi connectivity index (χ2v) is 7.53. The summed E-state index contributed by atoms with van der Waals surface area (Å²) in [5.41, 5.74) is 2.37. The van der Waals surface area contributed by atoms with Gasteiger partial charge in [0.25, 0.3) is 5.91 Å². The van der Waals surface area contributed by atoms with Crippen LogP contribution in [-0.4, -0.2) is 41.2 Å². The highest BCUT2D eigenvalue weighted by Crippen LogP contribution is 2.21. The first kappa shape index (κ1) is 18.7. The van der Waals surface area contributed by atoms with Gasteiger partial charge in [-0.3, -0.25) is 14.3 Å². The molecule has 4 rings (SSSR count). The molecule has 148 valence electrons. The summed E-state index contributed by atoms with van der Waals surface area (Å²) in [6.07, 6.45) is 6.75. The second kappa shape index (κ2) is 8.56. The van der Waals surface area contributed by atoms with Crippen LogP contribution < -0.4 is 15.5 Å². The van der Waals surface area contributed by atoms with Crippen LogP contribution in [0, 0.1) is 0 Å². The Hall–Kier alpha value is -2.67. The molecule has 2 fully saturated rings. The number of piperidine rings is 2. The summed E-state index contributed by atoms with van der Waals surface area (Å²) in [5.74, 6) is 0.0221. The van der Waals surface area contributed by atoms with Crippen LogP contribution in [-0.2, 0) is 11.3 Å². The average molecular weight is 381 g/mol. The number of aromatic nitrogens is 2. The van der Waals surface area contributed by atoms with Crippen molar-refractivity contribution in [3.8, 4) is 0 Å². The molecule has 2 saturated heterocycles. The number of hydrogen-bond donors (Lipinski definition) is 2. The van der Waals surface area contributed by atoms with E-state index in [9.17, 15) is 9.59 Å². The van der Waals surface area contributed by atoms with Crippen molar-refractivity contribution in [1.82, 2.24) is 20.4 Å². The van der Waals surface area contributed by atoms with Crippen LogP contribution in [0.2, 0.25) is 0 Å². The molecule has 28 heavy (non-hydrogen) atoms. The maximum Gasteiger partial charge on any atom is 0.272 e. The van der Waals surface area contributed by atoms with E-state index in [-0.39, 0.29) is 11.8 Å². The summed E-state index contributed by atoms with van der Waals surface area (Å²) < 4.78 is 1.89. The molecule has 1 aromatic heterocycles. The van der Waals surface area contributed by atoms with E-state index in [2.05, 4.69) is 15.7 Å². The van der Waals surface area contributed by atoms with Crippen LogP contribution >= 0.6 is 0 Å². The molecule has 2 N–H and O–H groups in total. The maximum absolute atomic E-state index is 12.4. The van der Waals surface area contributed by atoms with Crippen LogP contribution in [0.25, 0.3) is 0 Å². The molecule has 7 nitrogen and oxygen atoms in total. The number of carbonyl (C=O) groups is 2. The van der Waals surface area contributed by atoms with Gasteiger partial charge in [-0.1, -0.05) is 12.1 Å². The molecule has 0 bridgehead atoms. The van der Waals surface area contributed by atoms with Crippen molar-refractivity contribution >= 4 is 17.5 Å². The Morgan fingerprint density at radius 1 is 1.18 bits per heavy atom. The Kier molecular flexibility index (Phi) is 5.71. The fourth-order valence-corrected chi connectivity index (χ4v) is 3.87. The molecule has 2 aliphatic heterocycles. The lowest BCUT2D eigenvalue weighted by Crippen LogP contribution is -2.35. The van der Waals surface area contributed by atoms with Gasteiger partial charge in [0.1, 0.15) is 5.69 Å². The summed E-state index contributed by atoms with van der Waals surface area (Å²) in [6.45, 7) is 3.17. The third kappa shape index (κ3) is 4.25. The molecule has 3 heterocycles. The van der Waals surface area contributed by atoms with Gasteiger partial charge in [-0.15, -0.1) is 0 Å². The normalized spacial score (nSPS) is 20.2. The molecule has 0 aliphatic carbocycles. The molecule has 1 unspecified atom stereocenters. The predicted molar refractivity (Wildman–Crippen MR) is 107 cm³/mol. The van der Waals surface area contributed by atoms with E-state index >= 15 is 0 Å². The third-order valence-corrected chi connectivity index (χ3v) is 5.51. The van der Waals surface area contributed by atoms with E-state index in [0.717, 1.165) is 56.6 Å². The molecular weight excluding hydrogens is 354 g/mol. The zero-order valence-electron chi connectivity index (χ0n) is 16.1. The fraction of sp³-hybridized carbons (Fsp3) is 0.476. The summed E-state index contributed by atoms with van der Waals surface area (Å²) in [7, 11) is 0. The van der Waals surface area contributed by atoms with Crippen LogP contribution in [0.1, 0.15) is 54.2 Å². The highest BCUT2D eigenvalue weighted by molar-refractivity contribution is 5.94. The van der Waals surface area contributed by atoms with E-state index in [1.165, 1.54) is 0 Å². The first-order chi connectivity index (χ1) is 13.7. The largest absolute Gasteiger partial charge is 0.347 e. The number of hydrogen-bond acceptors (Lipinski definition) is 4. The predicted octanol–water partition coefficient (Wildman–Crippen LogP) is 2.25. The highest BCUT2D eigenvalue weighted by atomic mass is 16.2. The van der Waals surface area contributed by atoms with Gasteiger partial charge in [-0.05, 0) is 56.0 Å². The van der Waals surface area contributed by atoms with Crippen LogP contribution in [0.3, 0.4) is 0 Å². The number of nitrogens with one attached hydrogen (secondary N) is 2. The topological polar surface area (TPSA) is 79.3 Å². The van der Waals surface area contributed by atoms with Crippen molar-refractivity contribution < 1.29 is 9.59 Å². The lowest BCUT2D eigenvalue weighted by Gasteiger charge is -2.26. The standard InChI is InChI=1S/C21H27N5O2/c27-20-5-1-2-12-25(20)17-8-6-16(7-9-17)14-23-21(28)19-10-13-26(24-19)18-4-3-11-22-15-18/h6-10,13,18,22H,1-5,11-12,14-15H2,(H,23,28). The van der Waals surface area contributed by atoms with E-state index in [0.29, 0.717) is 24.7 Å². The van der Waals surface area contributed by atoms with Gasteiger partial charge < -0.3 is 15.5 Å². The van der Waals surface area contributed by atoms with E-state index < -0.39 is 0 Å². The lowest BCUT2D eigenvalue weighted by molar-refractivity contribution is -0.119. The van der Waals surface area contributed by atoms with Crippen LogP contribution in [0.4, 0.5) is 5.69 Å². The molecule has 7 heteroatoms. The van der Waals surface area contributed by atoms with E-state index in [4.69, 9.17) is 0 Å². The molecule has 2 aliphatic rings. The van der Waals surface area contributed by atoms with Gasteiger partial charge in [-0.2, -0.15) is 5.10 Å². The Balaban J connectivity index is 1.32. The average Bonchev–Trinajstić information content (AvgIpc) is 3.24. The number of carbonyl (C=O) groups excluding carboxylic acids is 2. The number of amides is 2. The van der Waals surface area contributed by atoms with Gasteiger partial charge in [0.05, 0.1) is 6.04 Å². The summed E-state index contributed by atoms with van der Waals surface area (Å²) >= 11 is 0.